The molecule has 0 bridgehead atoms. The molecular formula is C13H10Cl2FNO2S. The van der Waals surface area contributed by atoms with Crippen molar-refractivity contribution in [3.63, 3.8) is 0 Å². The summed E-state index contributed by atoms with van der Waals surface area (Å²) < 4.78 is 37.9. The molecule has 0 saturated carbocycles. The van der Waals surface area contributed by atoms with Crippen LogP contribution in [0.1, 0.15) is 5.56 Å². The van der Waals surface area contributed by atoms with Crippen molar-refractivity contribution < 1.29 is 12.8 Å². The van der Waals surface area contributed by atoms with Crippen LogP contribution in [0.3, 0.4) is 0 Å². The lowest BCUT2D eigenvalue weighted by Crippen LogP contribution is -2.07. The Morgan fingerprint density at radius 3 is 2.25 bits per heavy atom. The van der Waals surface area contributed by atoms with Gasteiger partial charge in [-0.05, 0) is 30.3 Å². The summed E-state index contributed by atoms with van der Waals surface area (Å²) in [5, 5.41) is 0.494. The Balaban J connectivity index is 2.43. The highest BCUT2D eigenvalue weighted by molar-refractivity contribution is 7.90. The van der Waals surface area contributed by atoms with E-state index in [4.69, 9.17) is 28.9 Å². The van der Waals surface area contributed by atoms with Gasteiger partial charge in [-0.15, -0.1) is 0 Å². The van der Waals surface area contributed by atoms with Crippen LogP contribution < -0.4 is 5.73 Å². The standard InChI is InChI=1S/C13H10Cl2FNO2S/c14-10-2-1-3-11(15)9(10)7-20(18,19)8-4-5-13(17)12(16)6-8/h1-6H,7,17H2. The number of sulfone groups is 1. The second kappa shape index (κ2) is 5.60. The van der Waals surface area contributed by atoms with E-state index >= 15 is 0 Å². The van der Waals surface area contributed by atoms with Gasteiger partial charge in [0.2, 0.25) is 0 Å². The summed E-state index contributed by atoms with van der Waals surface area (Å²) in [4.78, 5) is -0.166. The van der Waals surface area contributed by atoms with Gasteiger partial charge in [-0.2, -0.15) is 0 Å². The minimum Gasteiger partial charge on any atom is -0.396 e. The molecule has 0 aliphatic rings. The lowest BCUT2D eigenvalue weighted by atomic mass is 10.2. The molecule has 2 aromatic rings. The molecular weight excluding hydrogens is 324 g/mol. The lowest BCUT2D eigenvalue weighted by molar-refractivity contribution is 0.591. The Hall–Kier alpha value is -1.30. The molecule has 106 valence electrons. The number of halogens is 3. The molecule has 0 amide bonds. The van der Waals surface area contributed by atoms with Crippen LogP contribution in [-0.2, 0) is 15.6 Å². The number of rotatable bonds is 3. The summed E-state index contributed by atoms with van der Waals surface area (Å²) in [7, 11) is -3.76. The van der Waals surface area contributed by atoms with E-state index in [2.05, 4.69) is 0 Å². The molecule has 2 N–H and O–H groups in total. The molecule has 20 heavy (non-hydrogen) atoms. The zero-order chi connectivity index (χ0) is 14.9. The molecule has 0 fully saturated rings. The Kier molecular flexibility index (Phi) is 4.22. The fraction of sp³-hybridized carbons (Fsp3) is 0.0769. The van der Waals surface area contributed by atoms with Crippen LogP contribution in [-0.4, -0.2) is 8.42 Å². The Bertz CT molecular complexity index is 743. The van der Waals surface area contributed by atoms with E-state index in [0.29, 0.717) is 0 Å². The van der Waals surface area contributed by atoms with E-state index in [0.717, 1.165) is 6.07 Å². The summed E-state index contributed by atoms with van der Waals surface area (Å²) in [6.07, 6.45) is 0. The van der Waals surface area contributed by atoms with E-state index in [1.165, 1.54) is 12.1 Å². The van der Waals surface area contributed by atoms with E-state index in [9.17, 15) is 12.8 Å². The third-order valence-corrected chi connectivity index (χ3v) is 5.08. The Morgan fingerprint density at radius 2 is 1.70 bits per heavy atom. The number of nitrogen functional groups attached to an aromatic ring is 1. The first-order valence-electron chi connectivity index (χ1n) is 5.52. The molecule has 2 rings (SSSR count). The first-order valence-corrected chi connectivity index (χ1v) is 7.93. The highest BCUT2D eigenvalue weighted by atomic mass is 35.5. The van der Waals surface area contributed by atoms with Crippen molar-refractivity contribution in [2.24, 2.45) is 0 Å². The predicted octanol–water partition coefficient (Wildman–Crippen LogP) is 3.69. The van der Waals surface area contributed by atoms with Gasteiger partial charge in [0.15, 0.2) is 9.84 Å². The van der Waals surface area contributed by atoms with Crippen LogP contribution in [0.2, 0.25) is 10.0 Å². The molecule has 0 unspecified atom stereocenters. The predicted molar refractivity (Wildman–Crippen MR) is 78.2 cm³/mol. The molecule has 0 heterocycles. The van der Waals surface area contributed by atoms with Crippen molar-refractivity contribution in [2.75, 3.05) is 5.73 Å². The maximum atomic E-state index is 13.4. The van der Waals surface area contributed by atoms with Crippen molar-refractivity contribution in [3.8, 4) is 0 Å². The smallest absolute Gasteiger partial charge is 0.182 e. The van der Waals surface area contributed by atoms with Gasteiger partial charge in [-0.25, -0.2) is 12.8 Å². The van der Waals surface area contributed by atoms with Gasteiger partial charge in [-0.1, -0.05) is 29.3 Å². The largest absolute Gasteiger partial charge is 0.396 e. The summed E-state index contributed by atoms with van der Waals surface area (Å²) in [6.45, 7) is 0. The maximum absolute atomic E-state index is 13.4. The SMILES string of the molecule is Nc1ccc(S(=O)(=O)Cc2c(Cl)cccc2Cl)cc1F. The molecule has 0 radical (unpaired) electrons. The number of hydrogen-bond acceptors (Lipinski definition) is 3. The molecule has 0 aromatic heterocycles. The Labute approximate surface area is 126 Å². The van der Waals surface area contributed by atoms with Crippen LogP contribution in [0.25, 0.3) is 0 Å². The van der Waals surface area contributed by atoms with Crippen molar-refractivity contribution in [2.45, 2.75) is 10.6 Å². The summed E-state index contributed by atoms with van der Waals surface area (Å²) in [6, 6.07) is 8.04. The zero-order valence-electron chi connectivity index (χ0n) is 10.1. The number of benzene rings is 2. The maximum Gasteiger partial charge on any atom is 0.182 e. The highest BCUT2D eigenvalue weighted by Gasteiger charge is 2.20. The van der Waals surface area contributed by atoms with Crippen LogP contribution in [0.4, 0.5) is 10.1 Å². The monoisotopic (exact) mass is 333 g/mol. The minimum atomic E-state index is -3.76. The third kappa shape index (κ3) is 3.06. The highest BCUT2D eigenvalue weighted by Crippen LogP contribution is 2.29. The van der Waals surface area contributed by atoms with Crippen molar-refractivity contribution >= 4 is 38.7 Å². The average molecular weight is 334 g/mol. The van der Waals surface area contributed by atoms with E-state index in [-0.39, 0.29) is 26.2 Å². The quantitative estimate of drug-likeness (QED) is 0.871. The normalized spacial score (nSPS) is 11.6. The lowest BCUT2D eigenvalue weighted by Gasteiger charge is -2.09. The van der Waals surface area contributed by atoms with Crippen LogP contribution in [0, 0.1) is 5.82 Å². The van der Waals surface area contributed by atoms with Crippen LogP contribution >= 0.6 is 23.2 Å². The average Bonchev–Trinajstić information content (AvgIpc) is 2.37. The van der Waals surface area contributed by atoms with E-state index in [1.807, 2.05) is 0 Å². The van der Waals surface area contributed by atoms with Gasteiger partial charge < -0.3 is 5.73 Å². The van der Waals surface area contributed by atoms with Gasteiger partial charge in [0, 0.05) is 15.6 Å². The van der Waals surface area contributed by atoms with Gasteiger partial charge in [0.1, 0.15) is 5.82 Å². The van der Waals surface area contributed by atoms with E-state index in [1.54, 1.807) is 18.2 Å². The second-order valence-corrected chi connectivity index (χ2v) is 6.95. The molecule has 0 atom stereocenters. The topological polar surface area (TPSA) is 60.2 Å². The van der Waals surface area contributed by atoms with E-state index < -0.39 is 21.4 Å². The summed E-state index contributed by atoms with van der Waals surface area (Å²) in [5.41, 5.74) is 5.49. The first-order chi connectivity index (χ1) is 9.31. The molecule has 0 spiro atoms. The minimum absolute atomic E-state index is 0.111. The van der Waals surface area contributed by atoms with Crippen LogP contribution in [0.5, 0.6) is 0 Å². The molecule has 2 aromatic carbocycles. The van der Waals surface area contributed by atoms with Crippen molar-refractivity contribution in [3.05, 3.63) is 57.8 Å². The number of anilines is 1. The summed E-state index contributed by atoms with van der Waals surface area (Å²) in [5.74, 6) is -1.19. The van der Waals surface area contributed by atoms with Crippen molar-refractivity contribution in [1.82, 2.24) is 0 Å². The van der Waals surface area contributed by atoms with Gasteiger partial charge in [0.05, 0.1) is 16.3 Å². The zero-order valence-corrected chi connectivity index (χ0v) is 12.4. The fourth-order valence-corrected chi connectivity index (χ4v) is 3.75. The molecule has 0 aliphatic heterocycles. The molecule has 3 nitrogen and oxygen atoms in total. The Morgan fingerprint density at radius 1 is 1.10 bits per heavy atom. The second-order valence-electron chi connectivity index (χ2n) is 4.14. The van der Waals surface area contributed by atoms with Gasteiger partial charge in [0.25, 0.3) is 0 Å². The fourth-order valence-electron chi connectivity index (χ4n) is 1.64. The van der Waals surface area contributed by atoms with Gasteiger partial charge in [-0.3, -0.25) is 0 Å². The first kappa shape index (κ1) is 15.1. The third-order valence-electron chi connectivity index (χ3n) is 2.73. The number of nitrogens with two attached hydrogens (primary N) is 1. The molecule has 0 saturated heterocycles. The summed E-state index contributed by atoms with van der Waals surface area (Å²) >= 11 is 11.9. The number of hydrogen-bond donors (Lipinski definition) is 1. The van der Waals surface area contributed by atoms with Crippen molar-refractivity contribution in [1.29, 1.82) is 0 Å². The van der Waals surface area contributed by atoms with Crippen LogP contribution in [0.15, 0.2) is 41.3 Å². The van der Waals surface area contributed by atoms with Gasteiger partial charge >= 0.3 is 0 Å². The molecule has 7 heteroatoms. The molecule has 0 aliphatic carbocycles.